The second-order valence-corrected chi connectivity index (χ2v) is 7.07. The van der Waals surface area contributed by atoms with Gasteiger partial charge in [-0.25, -0.2) is 14.8 Å². The van der Waals surface area contributed by atoms with E-state index >= 15 is 0 Å². The maximum Gasteiger partial charge on any atom is 0.341 e. The molecule has 0 aliphatic carbocycles. The first-order chi connectivity index (χ1) is 14.2. The largest absolute Gasteiger partial charge is 0.477 e. The second kappa shape index (κ2) is 6.85. The number of aromatic carboxylic acids is 1. The lowest BCUT2D eigenvalue weighted by Crippen LogP contribution is -2.20. The maximum absolute atomic E-state index is 11.6. The summed E-state index contributed by atoms with van der Waals surface area (Å²) in [5.41, 5.74) is 2.79. The molecule has 0 amide bonds. The highest BCUT2D eigenvalue weighted by atomic mass is 16.5. The summed E-state index contributed by atoms with van der Waals surface area (Å²) in [6, 6.07) is 5.99. The van der Waals surface area contributed by atoms with Crippen LogP contribution in [0.2, 0.25) is 0 Å². The zero-order chi connectivity index (χ0) is 20.0. The Morgan fingerprint density at radius 3 is 3.03 bits per heavy atom. The van der Waals surface area contributed by atoms with E-state index in [1.54, 1.807) is 13.2 Å². The number of carboxylic acids is 1. The van der Waals surface area contributed by atoms with Crippen molar-refractivity contribution < 1.29 is 14.6 Å². The molecule has 0 spiro atoms. The molecule has 0 bridgehead atoms. The summed E-state index contributed by atoms with van der Waals surface area (Å²) in [6.45, 7) is 1.44. The van der Waals surface area contributed by atoms with E-state index in [-0.39, 0.29) is 11.6 Å². The Morgan fingerprint density at radius 1 is 1.38 bits per heavy atom. The van der Waals surface area contributed by atoms with E-state index in [4.69, 9.17) is 4.74 Å². The fraction of sp³-hybridized carbons (Fsp3) is 0.300. The Hall–Kier alpha value is -3.46. The molecule has 29 heavy (non-hydrogen) atoms. The van der Waals surface area contributed by atoms with Crippen LogP contribution in [0.25, 0.3) is 27.9 Å². The van der Waals surface area contributed by atoms with Gasteiger partial charge in [0, 0.05) is 43.1 Å². The van der Waals surface area contributed by atoms with Crippen molar-refractivity contribution >= 4 is 28.5 Å². The summed E-state index contributed by atoms with van der Waals surface area (Å²) in [5, 5.41) is 17.7. The first-order valence-electron chi connectivity index (χ1n) is 9.51. The topological polar surface area (TPSA) is 107 Å². The lowest BCUT2D eigenvalue weighted by molar-refractivity contribution is 0.0605. The molecular formula is C20H20N6O3. The van der Waals surface area contributed by atoms with Gasteiger partial charge in [-0.05, 0) is 25.0 Å². The lowest BCUT2D eigenvalue weighted by Gasteiger charge is -2.24. The Kier molecular flexibility index (Phi) is 4.17. The lowest BCUT2D eigenvalue weighted by atomic mass is 10.1. The summed E-state index contributed by atoms with van der Waals surface area (Å²) in [4.78, 5) is 20.9. The zero-order valence-corrected chi connectivity index (χ0v) is 15.9. The first-order valence-corrected chi connectivity index (χ1v) is 9.51. The average molecular weight is 392 g/mol. The summed E-state index contributed by atoms with van der Waals surface area (Å²) in [7, 11) is 1.77. The predicted octanol–water partition coefficient (Wildman–Crippen LogP) is 2.84. The zero-order valence-electron chi connectivity index (χ0n) is 15.9. The van der Waals surface area contributed by atoms with Gasteiger partial charge in [-0.2, -0.15) is 9.61 Å². The fourth-order valence-electron chi connectivity index (χ4n) is 3.94. The van der Waals surface area contributed by atoms with E-state index in [2.05, 4.69) is 25.0 Å². The highest BCUT2D eigenvalue weighted by Gasteiger charge is 2.23. The molecule has 4 aromatic rings. The summed E-state index contributed by atoms with van der Waals surface area (Å²) < 4.78 is 9.33. The van der Waals surface area contributed by atoms with E-state index in [0.29, 0.717) is 23.8 Å². The molecule has 1 saturated heterocycles. The van der Waals surface area contributed by atoms with E-state index in [9.17, 15) is 9.90 Å². The van der Waals surface area contributed by atoms with Gasteiger partial charge >= 0.3 is 5.97 Å². The molecular weight excluding hydrogens is 372 g/mol. The van der Waals surface area contributed by atoms with Crippen LogP contribution in [0.5, 0.6) is 0 Å². The molecule has 0 radical (unpaired) electrons. The number of carbonyl (C=O) groups is 1. The summed E-state index contributed by atoms with van der Waals surface area (Å²) >= 11 is 0. The molecule has 1 atom stereocenters. The van der Waals surface area contributed by atoms with Gasteiger partial charge in [0.05, 0.1) is 24.5 Å². The van der Waals surface area contributed by atoms with Crippen molar-refractivity contribution in [3.8, 4) is 11.3 Å². The third kappa shape index (κ3) is 2.82. The van der Waals surface area contributed by atoms with Crippen LogP contribution in [0.4, 0.5) is 5.82 Å². The maximum atomic E-state index is 11.6. The van der Waals surface area contributed by atoms with E-state index in [0.717, 1.165) is 36.0 Å². The van der Waals surface area contributed by atoms with Crippen LogP contribution in [0.3, 0.4) is 0 Å². The molecule has 9 heteroatoms. The number of aromatic nitrogens is 5. The van der Waals surface area contributed by atoms with Gasteiger partial charge < -0.3 is 19.7 Å². The van der Waals surface area contributed by atoms with Gasteiger partial charge in [0.25, 0.3) is 0 Å². The normalized spacial score (nSPS) is 17.1. The van der Waals surface area contributed by atoms with E-state index in [1.807, 2.05) is 24.4 Å². The van der Waals surface area contributed by atoms with Crippen LogP contribution in [-0.2, 0) is 4.74 Å². The minimum absolute atomic E-state index is 0.0610. The summed E-state index contributed by atoms with van der Waals surface area (Å²) in [5.74, 6) is -0.404. The molecule has 0 unspecified atom stereocenters. The fourth-order valence-corrected chi connectivity index (χ4v) is 3.94. The van der Waals surface area contributed by atoms with Crippen molar-refractivity contribution in [3.05, 3.63) is 42.4 Å². The molecule has 0 saturated carbocycles. The van der Waals surface area contributed by atoms with Crippen molar-refractivity contribution in [1.82, 2.24) is 24.1 Å². The monoisotopic (exact) mass is 392 g/mol. The van der Waals surface area contributed by atoms with Crippen LogP contribution in [0, 0.1) is 0 Å². The molecule has 2 N–H and O–H groups in total. The SMILES string of the molecule is CNc1cc(-c2cn([C@@H]3CCCOC3)c3ncccc23)nc2c(C(=O)O)cnn12. The van der Waals surface area contributed by atoms with E-state index in [1.165, 1.54) is 10.7 Å². The molecule has 4 aromatic heterocycles. The number of nitrogens with one attached hydrogen (secondary N) is 1. The molecule has 1 aliphatic rings. The van der Waals surface area contributed by atoms with Crippen LogP contribution in [0.1, 0.15) is 29.2 Å². The van der Waals surface area contributed by atoms with Gasteiger partial charge in [0.15, 0.2) is 5.65 Å². The minimum atomic E-state index is -1.06. The number of hydrogen-bond acceptors (Lipinski definition) is 6. The van der Waals surface area contributed by atoms with Gasteiger partial charge in [-0.3, -0.25) is 0 Å². The van der Waals surface area contributed by atoms with Crippen LogP contribution >= 0.6 is 0 Å². The highest BCUT2D eigenvalue weighted by Crippen LogP contribution is 2.34. The molecule has 0 aromatic carbocycles. The molecule has 148 valence electrons. The third-order valence-electron chi connectivity index (χ3n) is 5.35. The van der Waals surface area contributed by atoms with Gasteiger partial charge in [-0.15, -0.1) is 0 Å². The Labute approximate surface area is 166 Å². The third-order valence-corrected chi connectivity index (χ3v) is 5.35. The van der Waals surface area contributed by atoms with Gasteiger partial charge in [0.1, 0.15) is 17.0 Å². The van der Waals surface area contributed by atoms with Gasteiger partial charge in [0.2, 0.25) is 0 Å². The average Bonchev–Trinajstić information content (AvgIpc) is 3.35. The second-order valence-electron chi connectivity index (χ2n) is 7.07. The number of pyridine rings is 1. The molecule has 9 nitrogen and oxygen atoms in total. The van der Waals surface area contributed by atoms with Crippen molar-refractivity contribution in [2.75, 3.05) is 25.6 Å². The Balaban J connectivity index is 1.74. The van der Waals surface area contributed by atoms with Gasteiger partial charge in [-0.1, -0.05) is 0 Å². The predicted molar refractivity (Wildman–Crippen MR) is 107 cm³/mol. The minimum Gasteiger partial charge on any atom is -0.477 e. The number of fused-ring (bicyclic) bond motifs is 2. The smallest absolute Gasteiger partial charge is 0.341 e. The van der Waals surface area contributed by atoms with Crippen molar-refractivity contribution in [1.29, 1.82) is 0 Å². The number of nitrogens with zero attached hydrogens (tertiary/aromatic N) is 5. The number of carboxylic acid groups (broad SMARTS) is 1. The highest BCUT2D eigenvalue weighted by molar-refractivity contribution is 5.97. The number of anilines is 1. The summed E-state index contributed by atoms with van der Waals surface area (Å²) in [6.07, 6.45) is 7.19. The van der Waals surface area contributed by atoms with Crippen molar-refractivity contribution in [2.45, 2.75) is 18.9 Å². The standard InChI is InChI=1S/C20H20N6O3/c1-21-17-8-16(24-19-14(20(27)28)9-23-26(17)19)15-10-25(12-4-3-7-29-11-12)18-13(15)5-2-6-22-18/h2,5-6,8-10,12,21H,3-4,7,11H2,1H3,(H,27,28)/t12-/m1/s1. The van der Waals surface area contributed by atoms with Crippen LogP contribution in [0.15, 0.2) is 36.8 Å². The van der Waals surface area contributed by atoms with Crippen LogP contribution in [-0.4, -0.2) is 55.5 Å². The molecule has 1 aliphatic heterocycles. The number of rotatable bonds is 4. The Morgan fingerprint density at radius 2 is 2.28 bits per heavy atom. The number of hydrogen-bond donors (Lipinski definition) is 2. The van der Waals surface area contributed by atoms with Crippen molar-refractivity contribution in [2.24, 2.45) is 0 Å². The number of ether oxygens (including phenoxy) is 1. The molecule has 5 rings (SSSR count). The Bertz CT molecular complexity index is 1220. The molecule has 5 heterocycles. The quantitative estimate of drug-likeness (QED) is 0.550. The molecule has 1 fully saturated rings. The van der Waals surface area contributed by atoms with Crippen molar-refractivity contribution in [3.63, 3.8) is 0 Å². The van der Waals surface area contributed by atoms with Crippen LogP contribution < -0.4 is 5.32 Å². The first kappa shape index (κ1) is 17.6. The van der Waals surface area contributed by atoms with E-state index < -0.39 is 5.97 Å².